The quantitative estimate of drug-likeness (QED) is 0.493. The first-order chi connectivity index (χ1) is 16.2. The molecule has 1 aliphatic rings. The molecule has 0 bridgehead atoms. The second-order valence-corrected chi connectivity index (χ2v) is 8.20. The summed E-state index contributed by atoms with van der Waals surface area (Å²) < 4.78 is 64.9. The highest BCUT2D eigenvalue weighted by Crippen LogP contribution is 2.45. The Morgan fingerprint density at radius 3 is 2.29 bits per heavy atom. The summed E-state index contributed by atoms with van der Waals surface area (Å²) in [6.45, 7) is 1.28. The van der Waals surface area contributed by atoms with Gasteiger partial charge in [0.15, 0.2) is 0 Å². The number of halogens is 4. The Bertz CT molecular complexity index is 1180. The number of hydrogen-bond donors (Lipinski definition) is 1. The van der Waals surface area contributed by atoms with Crippen molar-refractivity contribution in [3.8, 4) is 33.8 Å². The second-order valence-electron chi connectivity index (χ2n) is 8.20. The van der Waals surface area contributed by atoms with E-state index in [9.17, 15) is 17.6 Å². The fourth-order valence-electron chi connectivity index (χ4n) is 4.25. The highest BCUT2D eigenvalue weighted by atomic mass is 19.4. The van der Waals surface area contributed by atoms with E-state index in [0.29, 0.717) is 41.1 Å². The number of rotatable bonds is 5. The number of hydrogen-bond acceptors (Lipinski definition) is 5. The normalized spacial score (nSPS) is 14.9. The van der Waals surface area contributed by atoms with Gasteiger partial charge in [-0.05, 0) is 48.7 Å². The summed E-state index contributed by atoms with van der Waals surface area (Å²) in [5.74, 6) is -0.0573. The van der Waals surface area contributed by atoms with E-state index in [2.05, 4.69) is 9.88 Å². The third-order valence-electron chi connectivity index (χ3n) is 6.01. The maximum atomic E-state index is 14.4. The van der Waals surface area contributed by atoms with Gasteiger partial charge in [-0.1, -0.05) is 0 Å². The van der Waals surface area contributed by atoms with Crippen LogP contribution in [0.15, 0.2) is 48.8 Å². The van der Waals surface area contributed by atoms with Crippen LogP contribution >= 0.6 is 0 Å². The molecule has 2 N–H and O–H groups in total. The van der Waals surface area contributed by atoms with Crippen molar-refractivity contribution >= 4 is 5.69 Å². The van der Waals surface area contributed by atoms with Crippen LogP contribution in [0.4, 0.5) is 23.2 Å². The smallest absolute Gasteiger partial charge is 0.416 e. The van der Waals surface area contributed by atoms with Crippen LogP contribution in [0, 0.1) is 5.82 Å². The Labute approximate surface area is 195 Å². The minimum absolute atomic E-state index is 0.0693. The zero-order chi connectivity index (χ0) is 24.5. The lowest BCUT2D eigenvalue weighted by molar-refractivity contribution is -0.137. The second kappa shape index (κ2) is 9.50. The van der Waals surface area contributed by atoms with Crippen molar-refractivity contribution < 1.29 is 27.0 Å². The van der Waals surface area contributed by atoms with Crippen molar-refractivity contribution in [3.63, 3.8) is 0 Å². The van der Waals surface area contributed by atoms with Gasteiger partial charge in [-0.3, -0.25) is 4.98 Å². The van der Waals surface area contributed by atoms with Crippen LogP contribution in [0.25, 0.3) is 22.3 Å². The summed E-state index contributed by atoms with van der Waals surface area (Å²) in [5.41, 5.74) is 8.24. The van der Waals surface area contributed by atoms with E-state index in [0.717, 1.165) is 30.7 Å². The van der Waals surface area contributed by atoms with Crippen LogP contribution in [0.1, 0.15) is 18.4 Å². The molecule has 4 rings (SSSR count). The molecule has 1 aromatic heterocycles. The maximum absolute atomic E-state index is 14.4. The van der Waals surface area contributed by atoms with Crippen molar-refractivity contribution in [2.45, 2.75) is 25.1 Å². The standard InChI is InChI=1S/C25H25F4N3O2/c1-33-19-10-15(9-17(26)12-19)21-13-31-14-22(24(21)32-7-5-18(30)6-8-32)20-4-3-16(25(27,28)29)11-23(20)34-2/h3-4,9-14,18H,5-8,30H2,1-2H3. The Balaban J connectivity index is 1.94. The summed E-state index contributed by atoms with van der Waals surface area (Å²) >= 11 is 0. The van der Waals surface area contributed by atoms with Crippen molar-refractivity contribution in [1.29, 1.82) is 0 Å². The Morgan fingerprint density at radius 1 is 0.941 bits per heavy atom. The number of benzene rings is 2. The molecule has 0 amide bonds. The van der Waals surface area contributed by atoms with Crippen LogP contribution in [0.5, 0.6) is 11.5 Å². The molecule has 9 heteroatoms. The molecule has 1 aliphatic heterocycles. The average Bonchev–Trinajstić information content (AvgIpc) is 2.82. The molecule has 3 aromatic rings. The number of aromatic nitrogens is 1. The molecule has 0 saturated carbocycles. The zero-order valence-corrected chi connectivity index (χ0v) is 18.8. The number of ether oxygens (including phenoxy) is 2. The third kappa shape index (κ3) is 4.79. The van der Waals surface area contributed by atoms with Gasteiger partial charge in [0.1, 0.15) is 17.3 Å². The van der Waals surface area contributed by atoms with Crippen molar-refractivity contribution in [2.75, 3.05) is 32.2 Å². The molecule has 5 nitrogen and oxygen atoms in total. The maximum Gasteiger partial charge on any atom is 0.416 e. The molecule has 34 heavy (non-hydrogen) atoms. The predicted octanol–water partition coefficient (Wildman–Crippen LogP) is 5.52. The molecule has 1 fully saturated rings. The molecule has 0 atom stereocenters. The number of methoxy groups -OCH3 is 2. The third-order valence-corrected chi connectivity index (χ3v) is 6.01. The summed E-state index contributed by atoms with van der Waals surface area (Å²) in [4.78, 5) is 6.46. The van der Waals surface area contributed by atoms with Gasteiger partial charge < -0.3 is 20.1 Å². The summed E-state index contributed by atoms with van der Waals surface area (Å²) in [6, 6.07) is 7.81. The molecule has 2 heterocycles. The summed E-state index contributed by atoms with van der Waals surface area (Å²) in [6.07, 6.45) is 0.207. The zero-order valence-electron chi connectivity index (χ0n) is 18.8. The molecular weight excluding hydrogens is 450 g/mol. The van der Waals surface area contributed by atoms with Gasteiger partial charge >= 0.3 is 6.18 Å². The molecule has 0 unspecified atom stereocenters. The van der Waals surface area contributed by atoms with Gasteiger partial charge in [0, 0.05) is 54.3 Å². The lowest BCUT2D eigenvalue weighted by Crippen LogP contribution is -2.40. The number of nitrogens with zero attached hydrogens (tertiary/aromatic N) is 2. The molecule has 1 saturated heterocycles. The van der Waals surface area contributed by atoms with Gasteiger partial charge in [0.2, 0.25) is 0 Å². The summed E-state index contributed by atoms with van der Waals surface area (Å²) in [7, 11) is 2.78. The van der Waals surface area contributed by atoms with Gasteiger partial charge in [0.25, 0.3) is 0 Å². The number of pyridine rings is 1. The molecule has 0 aliphatic carbocycles. The number of piperidine rings is 1. The van der Waals surface area contributed by atoms with Gasteiger partial charge in [-0.15, -0.1) is 0 Å². The van der Waals surface area contributed by atoms with E-state index in [1.165, 1.54) is 32.4 Å². The monoisotopic (exact) mass is 475 g/mol. The Morgan fingerprint density at radius 2 is 1.65 bits per heavy atom. The van der Waals surface area contributed by atoms with Crippen LogP contribution in [-0.4, -0.2) is 38.3 Å². The van der Waals surface area contributed by atoms with Crippen LogP contribution in [0.2, 0.25) is 0 Å². The van der Waals surface area contributed by atoms with Gasteiger partial charge in [0.05, 0.1) is 25.5 Å². The van der Waals surface area contributed by atoms with Gasteiger partial charge in [-0.2, -0.15) is 13.2 Å². The van der Waals surface area contributed by atoms with Crippen LogP contribution in [0.3, 0.4) is 0 Å². The van der Waals surface area contributed by atoms with E-state index in [4.69, 9.17) is 15.2 Å². The number of anilines is 1. The SMILES string of the molecule is COc1cc(F)cc(-c2cncc(-c3ccc(C(F)(F)F)cc3OC)c2N2CCC(N)CC2)c1. The van der Waals surface area contributed by atoms with E-state index in [1.54, 1.807) is 18.5 Å². The van der Waals surface area contributed by atoms with E-state index in [1.807, 2.05) is 0 Å². The number of nitrogens with two attached hydrogens (primary N) is 1. The molecule has 0 spiro atoms. The van der Waals surface area contributed by atoms with Crippen molar-refractivity contribution in [3.05, 3.63) is 60.2 Å². The van der Waals surface area contributed by atoms with Crippen molar-refractivity contribution in [1.82, 2.24) is 4.98 Å². The Hall–Kier alpha value is -3.33. The van der Waals surface area contributed by atoms with Crippen LogP contribution < -0.4 is 20.1 Å². The highest BCUT2D eigenvalue weighted by molar-refractivity contribution is 5.92. The number of alkyl halides is 3. The molecule has 2 aromatic carbocycles. The van der Waals surface area contributed by atoms with Gasteiger partial charge in [-0.25, -0.2) is 4.39 Å². The average molecular weight is 475 g/mol. The first-order valence-electron chi connectivity index (χ1n) is 10.8. The largest absolute Gasteiger partial charge is 0.497 e. The van der Waals surface area contributed by atoms with Crippen molar-refractivity contribution in [2.24, 2.45) is 5.73 Å². The lowest BCUT2D eigenvalue weighted by Gasteiger charge is -2.35. The minimum atomic E-state index is -4.50. The molecule has 180 valence electrons. The Kier molecular flexibility index (Phi) is 6.65. The van der Waals surface area contributed by atoms with E-state index < -0.39 is 17.6 Å². The van der Waals surface area contributed by atoms with E-state index >= 15 is 0 Å². The highest BCUT2D eigenvalue weighted by Gasteiger charge is 2.32. The fraction of sp³-hybridized carbons (Fsp3) is 0.320. The van der Waals surface area contributed by atoms with Crippen LogP contribution in [-0.2, 0) is 6.18 Å². The topological polar surface area (TPSA) is 60.6 Å². The molecular formula is C25H25F4N3O2. The fourth-order valence-corrected chi connectivity index (χ4v) is 4.25. The first kappa shape index (κ1) is 23.8. The first-order valence-corrected chi connectivity index (χ1v) is 10.8. The molecule has 0 radical (unpaired) electrons. The minimum Gasteiger partial charge on any atom is -0.497 e. The van der Waals surface area contributed by atoms with E-state index in [-0.39, 0.29) is 11.8 Å². The lowest BCUT2D eigenvalue weighted by atomic mass is 9.94. The summed E-state index contributed by atoms with van der Waals surface area (Å²) in [5, 5.41) is 0. The predicted molar refractivity (Wildman–Crippen MR) is 123 cm³/mol.